The van der Waals surface area contributed by atoms with Crippen LogP contribution in [0.1, 0.15) is 28.8 Å². The number of allylic oxidation sites excluding steroid dienone is 2. The zero-order valence-corrected chi connectivity index (χ0v) is 21.2. The maximum Gasteiger partial charge on any atom is 0.145 e. The molecule has 1 aromatic heterocycles. The summed E-state index contributed by atoms with van der Waals surface area (Å²) in [7, 11) is 0. The molecule has 2 atom stereocenters. The second-order valence-electron chi connectivity index (χ2n) is 11.1. The van der Waals surface area contributed by atoms with Crippen LogP contribution in [-0.4, -0.2) is 21.8 Å². The molecule has 0 spiro atoms. The lowest BCUT2D eigenvalue weighted by Gasteiger charge is -2.18. The Hall–Kier alpha value is -4.89. The number of amidine groups is 1. The number of benzene rings is 5. The largest absolute Gasteiger partial charge is 0.329 e. The van der Waals surface area contributed by atoms with E-state index >= 15 is 0 Å². The molecule has 2 unspecified atom stereocenters. The normalized spacial score (nSPS) is 19.6. The number of hydrogen-bond acceptors (Lipinski definition) is 2. The van der Waals surface area contributed by atoms with Crippen molar-refractivity contribution in [1.82, 2.24) is 9.47 Å². The molecule has 2 aliphatic carbocycles. The standard InChI is InChI=1S/C36H23N3/c1-2-8-21(9-3-1)31-25-12-6-10-23-24-11-7-13-27-34(24)36-28(39(27)30-20-38-19-5-4-14-29(38)37-30)18-16-22-15-17-26(31)35(32(22)36)33(23)25/h1-19,30-31H,20H2. The van der Waals surface area contributed by atoms with E-state index < -0.39 is 0 Å². The Balaban J connectivity index is 1.38. The molecule has 10 rings (SSSR count). The highest BCUT2D eigenvalue weighted by Gasteiger charge is 2.37. The summed E-state index contributed by atoms with van der Waals surface area (Å²) in [5.74, 6) is 1.29. The van der Waals surface area contributed by atoms with Crippen molar-refractivity contribution in [3.05, 3.63) is 132 Å². The van der Waals surface area contributed by atoms with Gasteiger partial charge in [-0.2, -0.15) is 0 Å². The maximum atomic E-state index is 5.19. The SMILES string of the molecule is C1=CC2=NC(n3c4cccc5c4c4c6c7c(ccc6ccc43)C(c3ccccc3)c3cccc-5c3-7)CN2C=C1. The fraction of sp³-hybridized carbons (Fsp3) is 0.0833. The van der Waals surface area contributed by atoms with Crippen LogP contribution in [0.25, 0.3) is 54.8 Å². The van der Waals surface area contributed by atoms with Crippen molar-refractivity contribution in [2.45, 2.75) is 12.1 Å². The van der Waals surface area contributed by atoms with Gasteiger partial charge in [-0.25, -0.2) is 4.99 Å². The smallest absolute Gasteiger partial charge is 0.145 e. The first-order valence-electron chi connectivity index (χ1n) is 13.8. The first-order valence-corrected chi connectivity index (χ1v) is 13.8. The second kappa shape index (κ2) is 6.95. The van der Waals surface area contributed by atoms with E-state index in [1.165, 1.54) is 71.5 Å². The minimum Gasteiger partial charge on any atom is -0.329 e. The average Bonchev–Trinajstić information content (AvgIpc) is 3.64. The fourth-order valence-corrected chi connectivity index (χ4v) is 7.80. The van der Waals surface area contributed by atoms with Crippen molar-refractivity contribution >= 4 is 38.4 Å². The number of aromatic nitrogens is 1. The van der Waals surface area contributed by atoms with Crippen molar-refractivity contribution in [3.8, 4) is 22.3 Å². The highest BCUT2D eigenvalue weighted by molar-refractivity contribution is 6.31. The zero-order valence-electron chi connectivity index (χ0n) is 21.2. The van der Waals surface area contributed by atoms with Gasteiger partial charge >= 0.3 is 0 Å². The summed E-state index contributed by atoms with van der Waals surface area (Å²) in [4.78, 5) is 7.46. The third-order valence-corrected chi connectivity index (χ3v) is 9.26. The van der Waals surface area contributed by atoms with Crippen LogP contribution in [0.3, 0.4) is 0 Å². The van der Waals surface area contributed by atoms with E-state index in [4.69, 9.17) is 4.99 Å². The molecule has 0 radical (unpaired) electrons. The van der Waals surface area contributed by atoms with Gasteiger partial charge in [-0.1, -0.05) is 84.9 Å². The molecule has 2 aliphatic heterocycles. The number of aliphatic imine (C=N–C) groups is 1. The van der Waals surface area contributed by atoms with Crippen molar-refractivity contribution < 1.29 is 0 Å². The molecular weight excluding hydrogens is 474 g/mol. The van der Waals surface area contributed by atoms with Crippen LogP contribution in [0.2, 0.25) is 0 Å². The topological polar surface area (TPSA) is 20.5 Å². The Kier molecular flexibility index (Phi) is 3.58. The summed E-state index contributed by atoms with van der Waals surface area (Å²) in [5.41, 5.74) is 12.3. The Bertz CT molecular complexity index is 2160. The van der Waals surface area contributed by atoms with Gasteiger partial charge in [0.15, 0.2) is 0 Å². The van der Waals surface area contributed by atoms with Crippen LogP contribution in [0.15, 0.2) is 120 Å². The van der Waals surface area contributed by atoms with Gasteiger partial charge in [0.05, 0.1) is 17.6 Å². The van der Waals surface area contributed by atoms with E-state index in [9.17, 15) is 0 Å². The van der Waals surface area contributed by atoms with Crippen LogP contribution in [0, 0.1) is 0 Å². The Morgan fingerprint density at radius 3 is 2.38 bits per heavy atom. The van der Waals surface area contributed by atoms with E-state index in [-0.39, 0.29) is 12.1 Å². The van der Waals surface area contributed by atoms with E-state index in [1.807, 2.05) is 0 Å². The average molecular weight is 498 g/mol. The number of hydrogen-bond donors (Lipinski definition) is 0. The molecule has 0 N–H and O–H groups in total. The highest BCUT2D eigenvalue weighted by atomic mass is 15.3. The third kappa shape index (κ3) is 2.38. The minimum absolute atomic E-state index is 0.0270. The first kappa shape index (κ1) is 20.1. The van der Waals surface area contributed by atoms with E-state index in [0.29, 0.717) is 0 Å². The first-order chi connectivity index (χ1) is 19.4. The van der Waals surface area contributed by atoms with Gasteiger partial charge in [-0.3, -0.25) is 0 Å². The molecule has 3 heterocycles. The quantitative estimate of drug-likeness (QED) is 0.235. The van der Waals surface area contributed by atoms with E-state index in [2.05, 4.69) is 125 Å². The minimum atomic E-state index is 0.0270. The van der Waals surface area contributed by atoms with Gasteiger partial charge in [0.2, 0.25) is 0 Å². The van der Waals surface area contributed by atoms with Crippen LogP contribution in [0.4, 0.5) is 0 Å². The van der Waals surface area contributed by atoms with Gasteiger partial charge in [-0.15, -0.1) is 0 Å². The van der Waals surface area contributed by atoms with Gasteiger partial charge in [-0.05, 0) is 74.0 Å². The van der Waals surface area contributed by atoms with E-state index in [0.717, 1.165) is 12.4 Å². The predicted octanol–water partition coefficient (Wildman–Crippen LogP) is 8.38. The lowest BCUT2D eigenvalue weighted by molar-refractivity contribution is 0.476. The van der Waals surface area contributed by atoms with Gasteiger partial charge < -0.3 is 9.47 Å². The Labute approximate surface area is 225 Å². The summed E-state index contributed by atoms with van der Waals surface area (Å²) in [6.45, 7) is 0.848. The summed E-state index contributed by atoms with van der Waals surface area (Å²) in [6.07, 6.45) is 8.46. The van der Waals surface area contributed by atoms with Crippen LogP contribution >= 0.6 is 0 Å². The van der Waals surface area contributed by atoms with Crippen molar-refractivity contribution in [2.75, 3.05) is 6.54 Å². The monoisotopic (exact) mass is 497 g/mol. The van der Waals surface area contributed by atoms with Crippen molar-refractivity contribution in [2.24, 2.45) is 4.99 Å². The summed E-state index contributed by atoms with van der Waals surface area (Å²) < 4.78 is 2.50. The molecule has 3 heteroatoms. The number of fused-ring (bicyclic) bond motifs is 2. The van der Waals surface area contributed by atoms with E-state index in [1.54, 1.807) is 0 Å². The number of rotatable bonds is 2. The molecule has 39 heavy (non-hydrogen) atoms. The molecule has 4 aliphatic rings. The summed E-state index contributed by atoms with van der Waals surface area (Å²) >= 11 is 0. The molecule has 0 saturated carbocycles. The van der Waals surface area contributed by atoms with Gasteiger partial charge in [0.1, 0.15) is 12.0 Å². The molecule has 3 nitrogen and oxygen atoms in total. The molecular formula is C36H23N3. The van der Waals surface area contributed by atoms with Crippen molar-refractivity contribution in [1.29, 1.82) is 0 Å². The lowest BCUT2D eigenvalue weighted by Crippen LogP contribution is -2.23. The third-order valence-electron chi connectivity index (χ3n) is 9.26. The summed E-state index contributed by atoms with van der Waals surface area (Å²) in [5, 5.41) is 5.45. The van der Waals surface area contributed by atoms with Crippen LogP contribution in [0.5, 0.6) is 0 Å². The second-order valence-corrected chi connectivity index (χ2v) is 11.1. The molecule has 0 fully saturated rings. The molecule has 0 saturated heterocycles. The molecule has 6 aromatic rings. The fourth-order valence-electron chi connectivity index (χ4n) is 7.80. The molecule has 182 valence electrons. The summed E-state index contributed by atoms with van der Waals surface area (Å²) in [6, 6.07) is 34.2. The number of nitrogens with zero attached hydrogens (tertiary/aromatic N) is 3. The van der Waals surface area contributed by atoms with Crippen LogP contribution in [-0.2, 0) is 0 Å². The van der Waals surface area contributed by atoms with Gasteiger partial charge in [0, 0.05) is 22.9 Å². The highest BCUT2D eigenvalue weighted by Crippen LogP contribution is 2.58. The Morgan fingerprint density at radius 2 is 1.46 bits per heavy atom. The lowest BCUT2D eigenvalue weighted by atomic mass is 9.87. The molecule has 5 aromatic carbocycles. The van der Waals surface area contributed by atoms with Crippen molar-refractivity contribution in [3.63, 3.8) is 0 Å². The van der Waals surface area contributed by atoms with Gasteiger partial charge in [0.25, 0.3) is 0 Å². The Morgan fingerprint density at radius 1 is 0.641 bits per heavy atom. The van der Waals surface area contributed by atoms with Crippen LogP contribution < -0.4 is 0 Å². The molecule has 0 bridgehead atoms. The predicted molar refractivity (Wildman–Crippen MR) is 160 cm³/mol. The molecule has 0 amide bonds. The maximum absolute atomic E-state index is 5.19. The zero-order chi connectivity index (χ0) is 25.2.